The van der Waals surface area contributed by atoms with Crippen LogP contribution in [0.1, 0.15) is 45.4 Å². The summed E-state index contributed by atoms with van der Waals surface area (Å²) < 4.78 is 4.04. The monoisotopic (exact) mass is 272 g/mol. The fourth-order valence-corrected chi connectivity index (χ4v) is 2.50. The Hall–Kier alpha value is -1.64. The molecule has 0 aliphatic heterocycles. The highest BCUT2D eigenvalue weighted by molar-refractivity contribution is 5.57. The summed E-state index contributed by atoms with van der Waals surface area (Å²) in [5.74, 6) is 0. The van der Waals surface area contributed by atoms with Crippen molar-refractivity contribution in [1.29, 1.82) is 0 Å². The summed E-state index contributed by atoms with van der Waals surface area (Å²) in [5, 5.41) is 4.55. The van der Waals surface area contributed by atoms with Crippen LogP contribution in [0.15, 0.2) is 36.5 Å². The zero-order chi connectivity index (χ0) is 14.2. The van der Waals surface area contributed by atoms with Gasteiger partial charge in [-0.3, -0.25) is 0 Å². The van der Waals surface area contributed by atoms with Crippen molar-refractivity contribution in [2.24, 2.45) is 7.05 Å². The molecule has 0 unspecified atom stereocenters. The number of hydrogen-bond donors (Lipinski definition) is 0. The highest BCUT2D eigenvalue weighted by Gasteiger charge is 2.13. The number of nitrogens with zero attached hydrogens (tertiary/aromatic N) is 3. The standard InChI is InChI=1S/C17H26N3/c1-3-4-5-6-7-11-14-20-15-17(19(2)18-20)16-12-9-8-10-13-16/h8-10,12-13,15H,3-7,11,14H2,1-2H3/q+1. The Kier molecular flexibility index (Phi) is 5.78. The van der Waals surface area contributed by atoms with Crippen LogP contribution in [-0.4, -0.2) is 9.90 Å². The van der Waals surface area contributed by atoms with Gasteiger partial charge in [0.15, 0.2) is 11.9 Å². The molecule has 2 rings (SSSR count). The molecule has 0 atom stereocenters. The van der Waals surface area contributed by atoms with Gasteiger partial charge in [-0.25, -0.2) is 0 Å². The first kappa shape index (κ1) is 14.8. The van der Waals surface area contributed by atoms with Gasteiger partial charge in [-0.2, -0.15) is 0 Å². The molecule has 0 fully saturated rings. The first-order valence-corrected chi connectivity index (χ1v) is 7.80. The molecular formula is C17H26N3+. The zero-order valence-corrected chi connectivity index (χ0v) is 12.8. The summed E-state index contributed by atoms with van der Waals surface area (Å²) in [7, 11) is 2.01. The summed E-state index contributed by atoms with van der Waals surface area (Å²) in [5.41, 5.74) is 2.40. The van der Waals surface area contributed by atoms with Gasteiger partial charge >= 0.3 is 0 Å². The first-order valence-electron chi connectivity index (χ1n) is 7.80. The van der Waals surface area contributed by atoms with Crippen LogP contribution in [0.25, 0.3) is 11.3 Å². The lowest BCUT2D eigenvalue weighted by Gasteiger charge is -1.97. The first-order chi connectivity index (χ1) is 9.81. The summed E-state index contributed by atoms with van der Waals surface area (Å²) in [6, 6.07) is 10.4. The predicted octanol–water partition coefficient (Wildman–Crippen LogP) is 3.74. The molecule has 0 saturated carbocycles. The number of unbranched alkanes of at least 4 members (excludes halogenated alkanes) is 5. The highest BCUT2D eigenvalue weighted by atomic mass is 15.5. The molecule has 1 aromatic heterocycles. The van der Waals surface area contributed by atoms with E-state index in [0.717, 1.165) is 6.54 Å². The van der Waals surface area contributed by atoms with Crippen molar-refractivity contribution in [3.63, 3.8) is 0 Å². The molecule has 0 N–H and O–H groups in total. The van der Waals surface area contributed by atoms with Crippen LogP contribution in [0.5, 0.6) is 0 Å². The summed E-state index contributed by atoms with van der Waals surface area (Å²) in [4.78, 5) is 0. The van der Waals surface area contributed by atoms with Gasteiger partial charge in [-0.1, -0.05) is 62.9 Å². The summed E-state index contributed by atoms with van der Waals surface area (Å²) in [6.07, 6.45) is 10.1. The van der Waals surface area contributed by atoms with Gasteiger partial charge in [-0.05, 0) is 12.8 Å². The molecule has 2 aromatic rings. The molecule has 0 aliphatic carbocycles. The fraction of sp³-hybridized carbons (Fsp3) is 0.529. The van der Waals surface area contributed by atoms with Crippen LogP contribution in [0.2, 0.25) is 0 Å². The Morgan fingerprint density at radius 1 is 1.00 bits per heavy atom. The summed E-state index contributed by atoms with van der Waals surface area (Å²) in [6.45, 7) is 3.28. The average molecular weight is 272 g/mol. The molecule has 0 saturated heterocycles. The Balaban J connectivity index is 1.85. The second-order valence-corrected chi connectivity index (χ2v) is 5.42. The molecule has 0 bridgehead atoms. The minimum Gasteiger partial charge on any atom is -0.137 e. The molecule has 3 nitrogen and oxygen atoms in total. The van der Waals surface area contributed by atoms with E-state index in [1.807, 2.05) is 17.8 Å². The van der Waals surface area contributed by atoms with Crippen LogP contribution in [-0.2, 0) is 13.6 Å². The average Bonchev–Trinajstić information content (AvgIpc) is 2.85. The van der Waals surface area contributed by atoms with Crippen LogP contribution in [0.4, 0.5) is 0 Å². The van der Waals surface area contributed by atoms with Crippen molar-refractivity contribution in [2.75, 3.05) is 0 Å². The number of aromatic nitrogens is 3. The molecular weight excluding hydrogens is 246 g/mol. The molecule has 3 heteroatoms. The Labute approximate surface area is 122 Å². The molecule has 1 heterocycles. The third-order valence-electron chi connectivity index (χ3n) is 3.68. The van der Waals surface area contributed by atoms with Crippen molar-refractivity contribution in [3.05, 3.63) is 36.5 Å². The Morgan fingerprint density at radius 2 is 1.70 bits per heavy atom. The molecule has 1 aromatic carbocycles. The number of hydrogen-bond acceptors (Lipinski definition) is 1. The van der Waals surface area contributed by atoms with Gasteiger partial charge in [0.2, 0.25) is 0 Å². The maximum atomic E-state index is 4.55. The van der Waals surface area contributed by atoms with E-state index in [1.54, 1.807) is 0 Å². The van der Waals surface area contributed by atoms with E-state index in [-0.39, 0.29) is 0 Å². The van der Waals surface area contributed by atoms with Crippen molar-refractivity contribution in [1.82, 2.24) is 9.90 Å². The van der Waals surface area contributed by atoms with Crippen LogP contribution >= 0.6 is 0 Å². The van der Waals surface area contributed by atoms with Crippen molar-refractivity contribution in [3.8, 4) is 11.3 Å². The van der Waals surface area contributed by atoms with E-state index in [2.05, 4.69) is 47.3 Å². The van der Waals surface area contributed by atoms with Gasteiger partial charge < -0.3 is 0 Å². The van der Waals surface area contributed by atoms with Crippen LogP contribution < -0.4 is 4.68 Å². The minimum atomic E-state index is 1.02. The summed E-state index contributed by atoms with van der Waals surface area (Å²) >= 11 is 0. The topological polar surface area (TPSA) is 21.7 Å². The fourth-order valence-electron chi connectivity index (χ4n) is 2.50. The normalized spacial score (nSPS) is 10.9. The number of benzene rings is 1. The molecule has 0 spiro atoms. The van der Waals surface area contributed by atoms with Crippen molar-refractivity contribution < 1.29 is 4.68 Å². The molecule has 0 aliphatic rings. The number of rotatable bonds is 8. The lowest BCUT2D eigenvalue weighted by atomic mass is 10.1. The molecule has 0 amide bonds. The lowest BCUT2D eigenvalue weighted by molar-refractivity contribution is -0.755. The van der Waals surface area contributed by atoms with Gasteiger partial charge in [0.05, 0.1) is 5.21 Å². The lowest BCUT2D eigenvalue weighted by Crippen LogP contribution is -2.35. The van der Waals surface area contributed by atoms with E-state index < -0.39 is 0 Å². The number of aryl methyl sites for hydroxylation is 2. The van der Waals surface area contributed by atoms with Crippen LogP contribution in [0, 0.1) is 0 Å². The van der Waals surface area contributed by atoms with Gasteiger partial charge in [0, 0.05) is 5.56 Å². The largest absolute Gasteiger partial charge is 0.197 e. The maximum Gasteiger partial charge on any atom is 0.197 e. The minimum absolute atomic E-state index is 1.02. The van der Waals surface area contributed by atoms with E-state index in [4.69, 9.17) is 0 Å². The third-order valence-corrected chi connectivity index (χ3v) is 3.68. The molecule has 0 radical (unpaired) electrons. The maximum absolute atomic E-state index is 4.55. The third kappa shape index (κ3) is 4.19. The second kappa shape index (κ2) is 7.83. The Bertz CT molecular complexity index is 502. The second-order valence-electron chi connectivity index (χ2n) is 5.42. The highest BCUT2D eigenvalue weighted by Crippen LogP contribution is 2.15. The van der Waals surface area contributed by atoms with Crippen molar-refractivity contribution in [2.45, 2.75) is 52.0 Å². The quantitative estimate of drug-likeness (QED) is 0.530. The van der Waals surface area contributed by atoms with Crippen molar-refractivity contribution >= 4 is 0 Å². The zero-order valence-electron chi connectivity index (χ0n) is 12.8. The predicted molar refractivity (Wildman–Crippen MR) is 82.2 cm³/mol. The van der Waals surface area contributed by atoms with E-state index in [9.17, 15) is 0 Å². The SMILES string of the molecule is CCCCCCCC[n+]1cc(-c2ccccc2)n(C)n1. The van der Waals surface area contributed by atoms with Gasteiger partial charge in [-0.15, -0.1) is 9.36 Å². The Morgan fingerprint density at radius 3 is 2.45 bits per heavy atom. The van der Waals surface area contributed by atoms with E-state index in [1.165, 1.54) is 49.8 Å². The van der Waals surface area contributed by atoms with E-state index >= 15 is 0 Å². The van der Waals surface area contributed by atoms with Crippen LogP contribution in [0.3, 0.4) is 0 Å². The molecule has 108 valence electrons. The van der Waals surface area contributed by atoms with Gasteiger partial charge in [0.1, 0.15) is 13.6 Å². The van der Waals surface area contributed by atoms with Gasteiger partial charge in [0.25, 0.3) is 0 Å². The smallest absolute Gasteiger partial charge is 0.137 e. The van der Waals surface area contributed by atoms with E-state index in [0.29, 0.717) is 0 Å². The molecule has 20 heavy (non-hydrogen) atoms.